The molecule has 1 aromatic heterocycles. The van der Waals surface area contributed by atoms with Gasteiger partial charge in [0.05, 0.1) is 10.9 Å². The van der Waals surface area contributed by atoms with E-state index < -0.39 is 0 Å². The minimum atomic E-state index is -0.345. The minimum absolute atomic E-state index is 0.00442. The monoisotopic (exact) mass is 406 g/mol. The number of thioether (sulfide) groups is 1. The zero-order chi connectivity index (χ0) is 19.1. The lowest BCUT2D eigenvalue weighted by molar-refractivity contribution is -0.120. The van der Waals surface area contributed by atoms with Gasteiger partial charge < -0.3 is 10.6 Å². The summed E-state index contributed by atoms with van der Waals surface area (Å²) in [5, 5.41) is 14.2. The van der Waals surface area contributed by atoms with Crippen LogP contribution < -0.4 is 10.6 Å². The maximum Gasteiger partial charge on any atom is 0.233 e. The number of hydrogen-bond acceptors (Lipinski definition) is 6. The van der Waals surface area contributed by atoms with Crippen LogP contribution in [0, 0.1) is 5.82 Å². The molecule has 0 radical (unpaired) electrons. The Hall–Kier alpha value is -1.93. The summed E-state index contributed by atoms with van der Waals surface area (Å²) in [5.74, 6) is -0.349. The Morgan fingerprint density at radius 1 is 1.33 bits per heavy atom. The molecule has 0 saturated heterocycles. The summed E-state index contributed by atoms with van der Waals surface area (Å²) in [7, 11) is 0. The van der Waals surface area contributed by atoms with Gasteiger partial charge in [0, 0.05) is 6.54 Å². The number of rotatable bonds is 8. The maximum absolute atomic E-state index is 13.7. The van der Waals surface area contributed by atoms with E-state index >= 15 is 0 Å². The Morgan fingerprint density at radius 3 is 2.96 bits per heavy atom. The predicted octanol–water partition coefficient (Wildman–Crippen LogP) is 4.91. The van der Waals surface area contributed by atoms with E-state index in [0.29, 0.717) is 21.7 Å². The summed E-state index contributed by atoms with van der Waals surface area (Å²) in [6.07, 6.45) is 8.09. The molecule has 1 atom stereocenters. The second-order valence-corrected chi connectivity index (χ2v) is 8.95. The van der Waals surface area contributed by atoms with Gasteiger partial charge in [-0.15, -0.1) is 10.2 Å². The standard InChI is InChI=1S/C19H23FN4OS2/c1-13(17(25)21-12-11-14-7-3-2-4-8-14)26-19-24-23-18(27-19)22-16-10-6-5-9-15(16)20/h5-7,9-10,13H,2-4,8,11-12H2,1H3,(H,21,25)(H,22,23)/t13-/m1/s1. The van der Waals surface area contributed by atoms with Crippen molar-refractivity contribution in [3.8, 4) is 0 Å². The van der Waals surface area contributed by atoms with Crippen molar-refractivity contribution in [1.29, 1.82) is 0 Å². The highest BCUT2D eigenvalue weighted by Crippen LogP contribution is 2.31. The van der Waals surface area contributed by atoms with E-state index in [4.69, 9.17) is 0 Å². The summed E-state index contributed by atoms with van der Waals surface area (Å²) in [6, 6.07) is 6.40. The topological polar surface area (TPSA) is 66.9 Å². The van der Waals surface area contributed by atoms with Crippen LogP contribution in [0.2, 0.25) is 0 Å². The molecule has 0 unspecified atom stereocenters. The quantitative estimate of drug-likeness (QED) is 0.482. The molecular formula is C19H23FN4OS2. The third-order valence-corrected chi connectivity index (χ3v) is 6.32. The molecule has 5 nitrogen and oxygen atoms in total. The van der Waals surface area contributed by atoms with Gasteiger partial charge in [0.15, 0.2) is 4.34 Å². The number of para-hydroxylation sites is 1. The lowest BCUT2D eigenvalue weighted by Gasteiger charge is -2.14. The number of amides is 1. The van der Waals surface area contributed by atoms with Crippen LogP contribution in [0.3, 0.4) is 0 Å². The van der Waals surface area contributed by atoms with E-state index in [0.717, 1.165) is 19.3 Å². The third-order valence-electron chi connectivity index (χ3n) is 4.30. The lowest BCUT2D eigenvalue weighted by Crippen LogP contribution is -2.31. The van der Waals surface area contributed by atoms with Crippen molar-refractivity contribution >= 4 is 39.8 Å². The van der Waals surface area contributed by atoms with Crippen molar-refractivity contribution in [3.63, 3.8) is 0 Å². The van der Waals surface area contributed by atoms with Gasteiger partial charge in [0.2, 0.25) is 11.0 Å². The van der Waals surface area contributed by atoms with Crippen LogP contribution in [-0.2, 0) is 4.79 Å². The largest absolute Gasteiger partial charge is 0.355 e. The third kappa shape index (κ3) is 6.04. The Balaban J connectivity index is 1.45. The van der Waals surface area contributed by atoms with Gasteiger partial charge in [-0.1, -0.05) is 46.9 Å². The summed E-state index contributed by atoms with van der Waals surface area (Å²) in [5.41, 5.74) is 1.81. The fraction of sp³-hybridized carbons (Fsp3) is 0.421. The molecule has 0 aliphatic heterocycles. The maximum atomic E-state index is 13.7. The van der Waals surface area contributed by atoms with Crippen molar-refractivity contribution in [2.45, 2.75) is 48.6 Å². The van der Waals surface area contributed by atoms with Crippen molar-refractivity contribution in [2.24, 2.45) is 0 Å². The van der Waals surface area contributed by atoms with Crippen molar-refractivity contribution in [3.05, 3.63) is 41.7 Å². The Morgan fingerprint density at radius 2 is 2.19 bits per heavy atom. The molecule has 0 fully saturated rings. The van der Waals surface area contributed by atoms with Crippen LogP contribution in [0.15, 0.2) is 40.3 Å². The highest BCUT2D eigenvalue weighted by atomic mass is 32.2. The lowest BCUT2D eigenvalue weighted by atomic mass is 9.97. The molecule has 1 aliphatic carbocycles. The zero-order valence-electron chi connectivity index (χ0n) is 15.2. The number of anilines is 2. The Bertz CT molecular complexity index is 809. The van der Waals surface area contributed by atoms with Gasteiger partial charge in [-0.2, -0.15) is 0 Å². The number of nitrogens with zero attached hydrogens (tertiary/aromatic N) is 2. The second-order valence-electron chi connectivity index (χ2n) is 6.39. The van der Waals surface area contributed by atoms with Gasteiger partial charge in [0.1, 0.15) is 5.82 Å². The fourth-order valence-corrected chi connectivity index (χ4v) is 4.74. The number of allylic oxidation sites excluding steroid dienone is 1. The fourth-order valence-electron chi connectivity index (χ4n) is 2.81. The van der Waals surface area contributed by atoms with Gasteiger partial charge >= 0.3 is 0 Å². The van der Waals surface area contributed by atoms with Crippen molar-refractivity contribution in [1.82, 2.24) is 15.5 Å². The molecule has 1 amide bonds. The molecule has 1 heterocycles. The normalized spacial score (nSPS) is 15.1. The van der Waals surface area contributed by atoms with E-state index in [1.807, 2.05) is 6.92 Å². The van der Waals surface area contributed by atoms with E-state index in [2.05, 4.69) is 26.9 Å². The van der Waals surface area contributed by atoms with Crippen LogP contribution >= 0.6 is 23.1 Å². The molecule has 144 valence electrons. The van der Waals surface area contributed by atoms with Crippen molar-refractivity contribution in [2.75, 3.05) is 11.9 Å². The first-order valence-corrected chi connectivity index (χ1v) is 10.8. The number of halogens is 1. The SMILES string of the molecule is C[C@@H](Sc1nnc(Nc2ccccc2F)s1)C(=O)NCCC1=CCCCC1. The highest BCUT2D eigenvalue weighted by molar-refractivity contribution is 8.02. The molecule has 0 saturated carbocycles. The molecule has 8 heteroatoms. The first-order chi connectivity index (χ1) is 13.1. The average Bonchev–Trinajstić information content (AvgIpc) is 3.11. The highest BCUT2D eigenvalue weighted by Gasteiger charge is 2.17. The van der Waals surface area contributed by atoms with E-state index in [9.17, 15) is 9.18 Å². The number of carbonyl (C=O) groups is 1. The summed E-state index contributed by atoms with van der Waals surface area (Å²) in [6.45, 7) is 2.52. The molecule has 0 spiro atoms. The van der Waals surface area contributed by atoms with Crippen molar-refractivity contribution < 1.29 is 9.18 Å². The van der Waals surface area contributed by atoms with Gasteiger partial charge in [-0.3, -0.25) is 4.79 Å². The molecular weight excluding hydrogens is 383 g/mol. The molecule has 1 aromatic carbocycles. The number of benzene rings is 1. The minimum Gasteiger partial charge on any atom is -0.355 e. The molecule has 2 N–H and O–H groups in total. The Labute approximate surface area is 166 Å². The van der Waals surface area contributed by atoms with Crippen LogP contribution in [0.4, 0.5) is 15.2 Å². The predicted molar refractivity (Wildman–Crippen MR) is 109 cm³/mol. The molecule has 27 heavy (non-hydrogen) atoms. The molecule has 1 aliphatic rings. The van der Waals surface area contributed by atoms with Gasteiger partial charge in [0.25, 0.3) is 0 Å². The first kappa shape index (κ1) is 19.8. The van der Waals surface area contributed by atoms with E-state index in [-0.39, 0.29) is 17.0 Å². The summed E-state index contributed by atoms with van der Waals surface area (Å²) >= 11 is 2.66. The van der Waals surface area contributed by atoms with Gasteiger partial charge in [-0.05, 0) is 51.2 Å². The number of hydrogen-bond donors (Lipinski definition) is 2. The smallest absolute Gasteiger partial charge is 0.233 e. The van der Waals surface area contributed by atoms with Crippen LogP contribution in [0.1, 0.15) is 39.0 Å². The average molecular weight is 407 g/mol. The van der Waals surface area contributed by atoms with Gasteiger partial charge in [-0.25, -0.2) is 4.39 Å². The Kier molecular flexibility index (Phi) is 7.23. The second kappa shape index (κ2) is 9.85. The van der Waals surface area contributed by atoms with Crippen LogP contribution in [0.5, 0.6) is 0 Å². The summed E-state index contributed by atoms with van der Waals surface area (Å²) < 4.78 is 14.4. The molecule has 2 aromatic rings. The number of nitrogens with one attached hydrogen (secondary N) is 2. The number of aromatic nitrogens is 2. The summed E-state index contributed by atoms with van der Waals surface area (Å²) in [4.78, 5) is 12.3. The van der Waals surface area contributed by atoms with Crippen LogP contribution in [0.25, 0.3) is 0 Å². The van der Waals surface area contributed by atoms with Crippen LogP contribution in [-0.4, -0.2) is 27.9 Å². The number of carbonyl (C=O) groups excluding carboxylic acids is 1. The zero-order valence-corrected chi connectivity index (χ0v) is 16.8. The first-order valence-electron chi connectivity index (χ1n) is 9.09. The molecule has 3 rings (SSSR count). The van der Waals surface area contributed by atoms with E-state index in [1.165, 1.54) is 47.6 Å². The molecule has 0 bridgehead atoms. The van der Waals surface area contributed by atoms with E-state index in [1.54, 1.807) is 18.2 Å².